The number of esters is 1. The second-order valence-electron chi connectivity index (χ2n) is 9.29. The Morgan fingerprint density at radius 3 is 1.97 bits per heavy atom. The highest BCUT2D eigenvalue weighted by Crippen LogP contribution is 2.44. The lowest BCUT2D eigenvalue weighted by Crippen LogP contribution is -2.44. The zero-order valence-electron chi connectivity index (χ0n) is 21.1. The van der Waals surface area contributed by atoms with E-state index in [0.29, 0.717) is 11.1 Å². The van der Waals surface area contributed by atoms with Gasteiger partial charge in [-0.3, -0.25) is 4.79 Å². The van der Waals surface area contributed by atoms with Gasteiger partial charge in [-0.25, -0.2) is 9.59 Å². The number of aromatic hydroxyl groups is 1. The Labute approximate surface area is 226 Å². The van der Waals surface area contributed by atoms with Crippen molar-refractivity contribution < 1.29 is 29.0 Å². The van der Waals surface area contributed by atoms with Gasteiger partial charge in [0.1, 0.15) is 18.4 Å². The van der Waals surface area contributed by atoms with Crippen LogP contribution in [0.5, 0.6) is 5.75 Å². The van der Waals surface area contributed by atoms with Crippen molar-refractivity contribution in [2.24, 2.45) is 0 Å². The maximum atomic E-state index is 13.0. The number of phenolic OH excluding ortho intramolecular Hbond substituents is 1. The maximum absolute atomic E-state index is 13.0. The highest BCUT2D eigenvalue weighted by Gasteiger charge is 2.30. The minimum absolute atomic E-state index is 0.0795. The largest absolute Gasteiger partial charge is 0.508 e. The second kappa shape index (κ2) is 11.6. The summed E-state index contributed by atoms with van der Waals surface area (Å²) in [5, 5.41) is 12.2. The fourth-order valence-electron chi connectivity index (χ4n) is 4.79. The molecule has 7 heteroatoms. The second-order valence-corrected chi connectivity index (χ2v) is 9.29. The smallest absolute Gasteiger partial charge is 0.407 e. The predicted octanol–water partition coefficient (Wildman–Crippen LogP) is 5.27. The lowest BCUT2D eigenvalue weighted by molar-refractivity contribution is -0.144. The zero-order chi connectivity index (χ0) is 27.2. The third kappa shape index (κ3) is 5.99. The molecule has 1 aliphatic carbocycles. The van der Waals surface area contributed by atoms with Crippen LogP contribution in [-0.4, -0.2) is 42.2 Å². The summed E-state index contributed by atoms with van der Waals surface area (Å²) >= 11 is 0. The molecule has 0 radical (unpaired) electrons. The van der Waals surface area contributed by atoms with E-state index in [0.717, 1.165) is 22.3 Å². The van der Waals surface area contributed by atoms with Crippen molar-refractivity contribution in [3.8, 4) is 16.9 Å². The van der Waals surface area contributed by atoms with Crippen LogP contribution >= 0.6 is 0 Å². The summed E-state index contributed by atoms with van der Waals surface area (Å²) < 4.78 is 10.9. The summed E-state index contributed by atoms with van der Waals surface area (Å²) in [6.45, 7) is -0.366. The van der Waals surface area contributed by atoms with Crippen molar-refractivity contribution >= 4 is 17.8 Å². The van der Waals surface area contributed by atoms with Crippen molar-refractivity contribution in [3.63, 3.8) is 0 Å². The first-order valence-electron chi connectivity index (χ1n) is 12.6. The van der Waals surface area contributed by atoms with E-state index in [1.807, 2.05) is 36.4 Å². The van der Waals surface area contributed by atoms with Gasteiger partial charge < -0.3 is 19.9 Å². The van der Waals surface area contributed by atoms with Gasteiger partial charge >= 0.3 is 12.1 Å². The van der Waals surface area contributed by atoms with E-state index in [4.69, 9.17) is 9.47 Å². The minimum atomic E-state index is -1.10. The van der Waals surface area contributed by atoms with E-state index >= 15 is 0 Å². The third-order valence-corrected chi connectivity index (χ3v) is 6.74. The molecule has 0 aromatic heterocycles. The highest BCUT2D eigenvalue weighted by atomic mass is 16.6. The lowest BCUT2D eigenvalue weighted by Gasteiger charge is -2.19. The van der Waals surface area contributed by atoms with Gasteiger partial charge in [0.25, 0.3) is 0 Å². The number of amides is 1. The van der Waals surface area contributed by atoms with E-state index in [9.17, 15) is 19.5 Å². The Kier molecular flexibility index (Phi) is 7.68. The average Bonchev–Trinajstić information content (AvgIpc) is 3.29. The number of rotatable bonds is 9. The highest BCUT2D eigenvalue weighted by molar-refractivity contribution is 5.98. The standard InChI is InChI=1S/C32H27NO6/c34-23-16-14-21(15-17-23)18-29(31(36)38-20-30(35)22-8-2-1-3-9-22)33-32(37)39-19-28-26-12-6-4-10-24(26)25-11-5-7-13-27(25)28/h1-17,28-29,34H,18-20H2,(H,33,37). The van der Waals surface area contributed by atoms with Gasteiger partial charge in [0.15, 0.2) is 12.4 Å². The molecule has 0 bridgehead atoms. The first-order valence-corrected chi connectivity index (χ1v) is 12.6. The molecular formula is C32H27NO6. The molecule has 0 fully saturated rings. The summed E-state index contributed by atoms with van der Waals surface area (Å²) in [7, 11) is 0. The van der Waals surface area contributed by atoms with Crippen LogP contribution in [0.1, 0.15) is 33.0 Å². The van der Waals surface area contributed by atoms with Gasteiger partial charge in [-0.1, -0.05) is 91.0 Å². The van der Waals surface area contributed by atoms with Crippen LogP contribution in [0.15, 0.2) is 103 Å². The van der Waals surface area contributed by atoms with Gasteiger partial charge in [-0.2, -0.15) is 0 Å². The molecule has 4 aromatic rings. The Hall–Kier alpha value is -4.91. The van der Waals surface area contributed by atoms with Crippen LogP contribution in [0.25, 0.3) is 11.1 Å². The normalized spacial score (nSPS) is 12.6. The Bertz CT molecular complexity index is 1440. The number of benzene rings is 4. The van der Waals surface area contributed by atoms with Crippen LogP contribution in [0.3, 0.4) is 0 Å². The van der Waals surface area contributed by atoms with E-state index < -0.39 is 24.7 Å². The van der Waals surface area contributed by atoms with Crippen molar-refractivity contribution in [3.05, 3.63) is 125 Å². The van der Waals surface area contributed by atoms with Crippen molar-refractivity contribution in [1.82, 2.24) is 5.32 Å². The Morgan fingerprint density at radius 1 is 0.744 bits per heavy atom. The van der Waals surface area contributed by atoms with Gasteiger partial charge in [0.2, 0.25) is 0 Å². The fourth-order valence-corrected chi connectivity index (χ4v) is 4.79. The van der Waals surface area contributed by atoms with Crippen molar-refractivity contribution in [2.45, 2.75) is 18.4 Å². The molecule has 1 amide bonds. The van der Waals surface area contributed by atoms with Crippen molar-refractivity contribution in [2.75, 3.05) is 13.2 Å². The molecule has 1 unspecified atom stereocenters. The number of fused-ring (bicyclic) bond motifs is 3. The maximum Gasteiger partial charge on any atom is 0.407 e. The summed E-state index contributed by atoms with van der Waals surface area (Å²) in [6.07, 6.45) is -0.685. The molecule has 0 aliphatic heterocycles. The van der Waals surface area contributed by atoms with E-state index in [1.165, 1.54) is 12.1 Å². The van der Waals surface area contributed by atoms with Crippen LogP contribution < -0.4 is 5.32 Å². The molecule has 39 heavy (non-hydrogen) atoms. The number of carbonyl (C=O) groups excluding carboxylic acids is 3. The van der Waals surface area contributed by atoms with Gasteiger partial charge in [-0.05, 0) is 39.9 Å². The quantitative estimate of drug-likeness (QED) is 0.230. The molecule has 0 saturated heterocycles. The number of hydrogen-bond donors (Lipinski definition) is 2. The molecule has 1 atom stereocenters. The SMILES string of the molecule is O=C(NC(Cc1ccc(O)cc1)C(=O)OCC(=O)c1ccccc1)OCC1c2ccccc2-c2ccccc21. The summed E-state index contributed by atoms with van der Waals surface area (Å²) in [5.41, 5.74) is 5.47. The molecule has 196 valence electrons. The van der Waals surface area contributed by atoms with Crippen LogP contribution in [0.2, 0.25) is 0 Å². The third-order valence-electron chi connectivity index (χ3n) is 6.74. The summed E-state index contributed by atoms with van der Waals surface area (Å²) in [4.78, 5) is 38.3. The number of hydrogen-bond acceptors (Lipinski definition) is 6. The van der Waals surface area contributed by atoms with E-state index in [1.54, 1.807) is 42.5 Å². The monoisotopic (exact) mass is 521 g/mol. The van der Waals surface area contributed by atoms with E-state index in [-0.39, 0.29) is 30.5 Å². The topological polar surface area (TPSA) is 102 Å². The predicted molar refractivity (Wildman–Crippen MR) is 146 cm³/mol. The lowest BCUT2D eigenvalue weighted by atomic mass is 9.98. The average molecular weight is 522 g/mol. The van der Waals surface area contributed by atoms with Crippen LogP contribution in [-0.2, 0) is 20.7 Å². The molecule has 4 aromatic carbocycles. The number of ether oxygens (including phenoxy) is 2. The molecule has 5 rings (SSSR count). The molecule has 0 heterocycles. The van der Waals surface area contributed by atoms with Gasteiger partial charge in [-0.15, -0.1) is 0 Å². The zero-order valence-corrected chi connectivity index (χ0v) is 21.1. The molecule has 0 saturated carbocycles. The van der Waals surface area contributed by atoms with Crippen LogP contribution in [0, 0.1) is 0 Å². The number of alkyl carbamates (subject to hydrolysis) is 1. The number of Topliss-reactive ketones (excluding diaryl/α,β-unsaturated/α-hetero) is 1. The number of ketones is 1. The molecular weight excluding hydrogens is 494 g/mol. The fraction of sp³-hybridized carbons (Fsp3) is 0.156. The van der Waals surface area contributed by atoms with Gasteiger partial charge in [0.05, 0.1) is 0 Å². The number of phenols is 1. The molecule has 2 N–H and O–H groups in total. The molecule has 0 spiro atoms. The first-order chi connectivity index (χ1) is 19.0. The Morgan fingerprint density at radius 2 is 1.33 bits per heavy atom. The number of carbonyl (C=O) groups is 3. The summed E-state index contributed by atoms with van der Waals surface area (Å²) in [6, 6.07) is 29.7. The molecule has 7 nitrogen and oxygen atoms in total. The molecule has 1 aliphatic rings. The van der Waals surface area contributed by atoms with E-state index in [2.05, 4.69) is 17.4 Å². The van der Waals surface area contributed by atoms with Crippen molar-refractivity contribution in [1.29, 1.82) is 0 Å². The minimum Gasteiger partial charge on any atom is -0.508 e. The number of nitrogens with one attached hydrogen (secondary N) is 1. The first kappa shape index (κ1) is 25.7. The van der Waals surface area contributed by atoms with Gasteiger partial charge in [0, 0.05) is 17.9 Å². The summed E-state index contributed by atoms with van der Waals surface area (Å²) in [5.74, 6) is -1.17. The Balaban J connectivity index is 1.26. The van der Waals surface area contributed by atoms with Crippen LogP contribution in [0.4, 0.5) is 4.79 Å².